The van der Waals surface area contributed by atoms with Crippen LogP contribution in [0.4, 0.5) is 0 Å². The molecule has 0 saturated heterocycles. The number of rotatable bonds is 6. The molecule has 1 aromatic carbocycles. The summed E-state index contributed by atoms with van der Waals surface area (Å²) in [6.07, 6.45) is 0.249. The summed E-state index contributed by atoms with van der Waals surface area (Å²) >= 11 is 3.40. The van der Waals surface area contributed by atoms with Gasteiger partial charge in [0, 0.05) is 23.6 Å². The molecule has 0 radical (unpaired) electrons. The van der Waals surface area contributed by atoms with E-state index < -0.39 is 6.10 Å². The van der Waals surface area contributed by atoms with Crippen molar-refractivity contribution in [1.29, 1.82) is 0 Å². The maximum absolute atomic E-state index is 9.68. The Bertz CT molecular complexity index is 389. The average Bonchev–Trinajstić information content (AvgIpc) is 2.28. The van der Waals surface area contributed by atoms with Crippen molar-refractivity contribution in [1.82, 2.24) is 0 Å². The van der Waals surface area contributed by atoms with Gasteiger partial charge in [-0.3, -0.25) is 0 Å². The first-order valence-corrected chi connectivity index (χ1v) is 6.80. The lowest BCUT2D eigenvalue weighted by Gasteiger charge is -2.23. The molecule has 1 N–H and O–H groups in total. The van der Waals surface area contributed by atoms with Crippen LogP contribution in [0.5, 0.6) is 5.75 Å². The molecule has 1 atom stereocenters. The van der Waals surface area contributed by atoms with E-state index in [-0.39, 0.29) is 5.60 Å². The third kappa shape index (κ3) is 4.59. The fourth-order valence-electron chi connectivity index (χ4n) is 1.49. The minimum absolute atomic E-state index is 0.197. The average molecular weight is 317 g/mol. The van der Waals surface area contributed by atoms with Gasteiger partial charge in [-0.15, -0.1) is 0 Å². The SMILES string of the molecule is COC(C)(C)CCOc1cc(Br)ccc1[C@@H](C)O. The van der Waals surface area contributed by atoms with E-state index in [1.807, 2.05) is 32.0 Å². The van der Waals surface area contributed by atoms with Gasteiger partial charge in [0.1, 0.15) is 5.75 Å². The lowest BCUT2D eigenvalue weighted by molar-refractivity contribution is 0.00522. The van der Waals surface area contributed by atoms with Crippen molar-refractivity contribution in [2.75, 3.05) is 13.7 Å². The molecule has 0 aromatic heterocycles. The molecule has 0 bridgehead atoms. The molecule has 0 spiro atoms. The lowest BCUT2D eigenvalue weighted by atomic mass is 10.1. The quantitative estimate of drug-likeness (QED) is 0.869. The molecule has 4 heteroatoms. The van der Waals surface area contributed by atoms with Gasteiger partial charge in [0.05, 0.1) is 18.3 Å². The second kappa shape index (κ2) is 6.55. The molecule has 0 saturated carbocycles. The topological polar surface area (TPSA) is 38.7 Å². The Morgan fingerprint density at radius 2 is 2.06 bits per heavy atom. The van der Waals surface area contributed by atoms with E-state index in [1.165, 1.54) is 0 Å². The van der Waals surface area contributed by atoms with Crippen molar-refractivity contribution in [2.24, 2.45) is 0 Å². The summed E-state index contributed by atoms with van der Waals surface area (Å²) in [6.45, 7) is 6.33. The maximum Gasteiger partial charge on any atom is 0.126 e. The van der Waals surface area contributed by atoms with Crippen LogP contribution in [0.1, 0.15) is 38.9 Å². The normalized spacial score (nSPS) is 13.4. The summed E-state index contributed by atoms with van der Waals surface area (Å²) in [4.78, 5) is 0. The molecule has 18 heavy (non-hydrogen) atoms. The first-order chi connectivity index (χ1) is 8.35. The molecule has 0 aliphatic rings. The fourth-order valence-corrected chi connectivity index (χ4v) is 1.83. The number of benzene rings is 1. The Hall–Kier alpha value is -0.580. The van der Waals surface area contributed by atoms with Crippen molar-refractivity contribution in [2.45, 2.75) is 38.9 Å². The minimum atomic E-state index is -0.538. The predicted molar refractivity (Wildman–Crippen MR) is 76.0 cm³/mol. The third-order valence-corrected chi connectivity index (χ3v) is 3.43. The first kappa shape index (κ1) is 15.5. The summed E-state index contributed by atoms with van der Waals surface area (Å²) in [6, 6.07) is 5.64. The van der Waals surface area contributed by atoms with Gasteiger partial charge in [-0.1, -0.05) is 22.0 Å². The highest BCUT2D eigenvalue weighted by atomic mass is 79.9. The lowest BCUT2D eigenvalue weighted by Crippen LogP contribution is -2.25. The minimum Gasteiger partial charge on any atom is -0.493 e. The molecule has 0 amide bonds. The van der Waals surface area contributed by atoms with Crippen LogP contribution in [0.15, 0.2) is 22.7 Å². The highest BCUT2D eigenvalue weighted by molar-refractivity contribution is 9.10. The molecule has 0 fully saturated rings. The number of ether oxygens (including phenoxy) is 2. The molecule has 0 aliphatic heterocycles. The molecular weight excluding hydrogens is 296 g/mol. The number of aliphatic hydroxyl groups excluding tert-OH is 1. The van der Waals surface area contributed by atoms with Gasteiger partial charge in [-0.25, -0.2) is 0 Å². The maximum atomic E-state index is 9.68. The summed E-state index contributed by atoms with van der Waals surface area (Å²) in [7, 11) is 1.69. The number of halogens is 1. The van der Waals surface area contributed by atoms with Gasteiger partial charge in [-0.2, -0.15) is 0 Å². The molecule has 0 aliphatic carbocycles. The van der Waals surface area contributed by atoms with Crippen LogP contribution in [0, 0.1) is 0 Å². The van der Waals surface area contributed by atoms with Crippen LogP contribution in [0.3, 0.4) is 0 Å². The smallest absolute Gasteiger partial charge is 0.126 e. The van der Waals surface area contributed by atoms with Crippen LogP contribution >= 0.6 is 15.9 Å². The molecular formula is C14H21BrO3. The highest BCUT2D eigenvalue weighted by Crippen LogP contribution is 2.29. The second-order valence-electron chi connectivity index (χ2n) is 4.92. The van der Waals surface area contributed by atoms with Crippen molar-refractivity contribution >= 4 is 15.9 Å². The van der Waals surface area contributed by atoms with E-state index in [0.29, 0.717) is 12.4 Å². The summed E-state index contributed by atoms with van der Waals surface area (Å²) in [5.41, 5.74) is 0.602. The Labute approximate surface area is 117 Å². The van der Waals surface area contributed by atoms with Gasteiger partial charge in [0.15, 0.2) is 0 Å². The van der Waals surface area contributed by atoms with Crippen molar-refractivity contribution in [3.05, 3.63) is 28.2 Å². The zero-order chi connectivity index (χ0) is 13.8. The van der Waals surface area contributed by atoms with E-state index in [4.69, 9.17) is 9.47 Å². The third-order valence-electron chi connectivity index (χ3n) is 2.94. The largest absolute Gasteiger partial charge is 0.493 e. The molecule has 1 aromatic rings. The number of aliphatic hydroxyl groups is 1. The molecule has 0 unspecified atom stereocenters. The first-order valence-electron chi connectivity index (χ1n) is 6.01. The molecule has 102 valence electrons. The van der Waals surface area contributed by atoms with E-state index >= 15 is 0 Å². The molecule has 3 nitrogen and oxygen atoms in total. The molecule has 0 heterocycles. The van der Waals surface area contributed by atoms with Crippen LogP contribution < -0.4 is 4.74 Å². The van der Waals surface area contributed by atoms with Crippen LogP contribution in [-0.2, 0) is 4.74 Å². The standard InChI is InChI=1S/C14H21BrO3/c1-10(16)12-6-5-11(15)9-13(12)18-8-7-14(2,3)17-4/h5-6,9-10,16H,7-8H2,1-4H3/t10-/m1/s1. The zero-order valence-electron chi connectivity index (χ0n) is 11.4. The van der Waals surface area contributed by atoms with Gasteiger partial charge in [0.2, 0.25) is 0 Å². The Balaban J connectivity index is 2.69. The zero-order valence-corrected chi connectivity index (χ0v) is 13.0. The Morgan fingerprint density at radius 3 is 2.61 bits per heavy atom. The highest BCUT2D eigenvalue weighted by Gasteiger charge is 2.17. The van der Waals surface area contributed by atoms with Gasteiger partial charge >= 0.3 is 0 Å². The van der Waals surface area contributed by atoms with E-state index in [1.54, 1.807) is 14.0 Å². The van der Waals surface area contributed by atoms with Crippen molar-refractivity contribution in [3.63, 3.8) is 0 Å². The summed E-state index contributed by atoms with van der Waals surface area (Å²) < 4.78 is 12.0. The Morgan fingerprint density at radius 1 is 1.39 bits per heavy atom. The van der Waals surface area contributed by atoms with E-state index in [9.17, 15) is 5.11 Å². The van der Waals surface area contributed by atoms with Crippen LogP contribution in [0.25, 0.3) is 0 Å². The monoisotopic (exact) mass is 316 g/mol. The predicted octanol–water partition coefficient (Wildman–Crippen LogP) is 3.70. The van der Waals surface area contributed by atoms with Gasteiger partial charge in [-0.05, 0) is 32.9 Å². The van der Waals surface area contributed by atoms with Gasteiger partial charge in [0.25, 0.3) is 0 Å². The van der Waals surface area contributed by atoms with Crippen molar-refractivity contribution in [3.8, 4) is 5.75 Å². The Kier molecular flexibility index (Phi) is 5.63. The second-order valence-corrected chi connectivity index (χ2v) is 5.84. The van der Waals surface area contributed by atoms with E-state index in [0.717, 1.165) is 16.5 Å². The summed E-state index contributed by atoms with van der Waals surface area (Å²) in [5, 5.41) is 9.68. The molecule has 1 rings (SSSR count). The summed E-state index contributed by atoms with van der Waals surface area (Å²) in [5.74, 6) is 0.714. The number of hydrogen-bond acceptors (Lipinski definition) is 3. The van der Waals surface area contributed by atoms with E-state index in [2.05, 4.69) is 15.9 Å². The van der Waals surface area contributed by atoms with Crippen LogP contribution in [0.2, 0.25) is 0 Å². The van der Waals surface area contributed by atoms with Crippen LogP contribution in [-0.4, -0.2) is 24.4 Å². The fraction of sp³-hybridized carbons (Fsp3) is 0.571. The number of hydrogen-bond donors (Lipinski definition) is 1. The number of methoxy groups -OCH3 is 1. The van der Waals surface area contributed by atoms with Gasteiger partial charge < -0.3 is 14.6 Å². The van der Waals surface area contributed by atoms with Crippen molar-refractivity contribution < 1.29 is 14.6 Å².